The average Bonchev–Trinajstić information content (AvgIpc) is 2.38. The van der Waals surface area contributed by atoms with Crippen molar-refractivity contribution in [3.63, 3.8) is 0 Å². The molecule has 0 radical (unpaired) electrons. The molecular weight excluding hydrogens is 358 g/mol. The standard InChI is InChI=1S/C14H12BrNO4S/c1-9-2-7-13(12(15)8-9)21(19,20)16-11-5-3-10(4-6-11)14(17)18/h2-8,16H,1H3,(H,17,18). The summed E-state index contributed by atoms with van der Waals surface area (Å²) in [6.07, 6.45) is 0. The Labute approximate surface area is 130 Å². The predicted molar refractivity (Wildman–Crippen MR) is 83.1 cm³/mol. The number of anilines is 1. The van der Waals surface area contributed by atoms with Crippen LogP contribution < -0.4 is 4.72 Å². The molecule has 5 nitrogen and oxygen atoms in total. The molecule has 2 rings (SSSR count). The third kappa shape index (κ3) is 3.62. The minimum Gasteiger partial charge on any atom is -0.478 e. The lowest BCUT2D eigenvalue weighted by Gasteiger charge is -2.10. The first-order valence-electron chi connectivity index (χ1n) is 5.92. The molecule has 2 aromatic carbocycles. The summed E-state index contributed by atoms with van der Waals surface area (Å²) in [4.78, 5) is 10.9. The van der Waals surface area contributed by atoms with Crippen molar-refractivity contribution in [2.75, 3.05) is 4.72 Å². The Bertz CT molecular complexity index is 785. The number of aryl methyl sites for hydroxylation is 1. The zero-order valence-electron chi connectivity index (χ0n) is 11.0. The van der Waals surface area contributed by atoms with Crippen LogP contribution in [0, 0.1) is 6.92 Å². The van der Waals surface area contributed by atoms with Crippen LogP contribution in [0.2, 0.25) is 0 Å². The summed E-state index contributed by atoms with van der Waals surface area (Å²) in [5.41, 5.74) is 1.33. The Balaban J connectivity index is 2.30. The molecule has 0 saturated carbocycles. The Morgan fingerprint density at radius 2 is 1.76 bits per heavy atom. The maximum atomic E-state index is 12.3. The van der Waals surface area contributed by atoms with E-state index >= 15 is 0 Å². The second kappa shape index (κ2) is 5.87. The summed E-state index contributed by atoms with van der Waals surface area (Å²) in [6.45, 7) is 1.86. The van der Waals surface area contributed by atoms with E-state index in [1.165, 1.54) is 30.3 Å². The average molecular weight is 370 g/mol. The summed E-state index contributed by atoms with van der Waals surface area (Å²) in [5, 5.41) is 8.80. The lowest BCUT2D eigenvalue weighted by atomic mass is 10.2. The van der Waals surface area contributed by atoms with Gasteiger partial charge < -0.3 is 5.11 Å². The lowest BCUT2D eigenvalue weighted by molar-refractivity contribution is 0.0697. The fourth-order valence-electron chi connectivity index (χ4n) is 1.71. The molecule has 2 aromatic rings. The highest BCUT2D eigenvalue weighted by Gasteiger charge is 2.17. The maximum Gasteiger partial charge on any atom is 0.335 e. The molecule has 0 heterocycles. The molecule has 0 atom stereocenters. The number of sulfonamides is 1. The third-order valence-corrected chi connectivity index (χ3v) is 5.12. The molecule has 7 heteroatoms. The van der Waals surface area contributed by atoms with Crippen molar-refractivity contribution in [3.8, 4) is 0 Å². The monoisotopic (exact) mass is 369 g/mol. The Hall–Kier alpha value is -1.86. The first-order valence-corrected chi connectivity index (χ1v) is 8.19. The Kier molecular flexibility index (Phi) is 4.34. The number of benzene rings is 2. The van der Waals surface area contributed by atoms with E-state index < -0.39 is 16.0 Å². The quantitative estimate of drug-likeness (QED) is 0.866. The van der Waals surface area contributed by atoms with E-state index in [9.17, 15) is 13.2 Å². The number of hydrogen-bond donors (Lipinski definition) is 2. The molecule has 0 unspecified atom stereocenters. The van der Waals surface area contributed by atoms with E-state index in [0.717, 1.165) is 5.56 Å². The fourth-order valence-corrected chi connectivity index (χ4v) is 3.97. The molecule has 0 aliphatic rings. The number of halogens is 1. The van der Waals surface area contributed by atoms with Crippen LogP contribution in [0.15, 0.2) is 51.8 Å². The largest absolute Gasteiger partial charge is 0.478 e. The normalized spacial score (nSPS) is 11.1. The van der Waals surface area contributed by atoms with E-state index in [2.05, 4.69) is 20.7 Å². The van der Waals surface area contributed by atoms with Gasteiger partial charge in [0.05, 0.1) is 5.56 Å². The zero-order chi connectivity index (χ0) is 15.6. The number of hydrogen-bond acceptors (Lipinski definition) is 3. The van der Waals surface area contributed by atoms with Gasteiger partial charge in [0.15, 0.2) is 0 Å². The highest BCUT2D eigenvalue weighted by molar-refractivity contribution is 9.10. The SMILES string of the molecule is Cc1ccc(S(=O)(=O)Nc2ccc(C(=O)O)cc2)c(Br)c1. The van der Waals surface area contributed by atoms with Gasteiger partial charge in [0.1, 0.15) is 4.90 Å². The first kappa shape index (κ1) is 15.5. The minimum atomic E-state index is -3.74. The molecule has 0 bridgehead atoms. The van der Waals surface area contributed by atoms with E-state index in [0.29, 0.717) is 10.2 Å². The van der Waals surface area contributed by atoms with Gasteiger partial charge in [-0.15, -0.1) is 0 Å². The number of rotatable bonds is 4. The molecule has 0 amide bonds. The van der Waals surface area contributed by atoms with Gasteiger partial charge in [-0.3, -0.25) is 4.72 Å². The van der Waals surface area contributed by atoms with Gasteiger partial charge in [-0.1, -0.05) is 6.07 Å². The summed E-state index contributed by atoms with van der Waals surface area (Å²) >= 11 is 3.23. The number of nitrogens with one attached hydrogen (secondary N) is 1. The molecule has 0 aliphatic heterocycles. The van der Waals surface area contributed by atoms with Crippen LogP contribution >= 0.6 is 15.9 Å². The van der Waals surface area contributed by atoms with Crippen LogP contribution in [0.3, 0.4) is 0 Å². The van der Waals surface area contributed by atoms with E-state index in [1.807, 2.05) is 6.92 Å². The fraction of sp³-hybridized carbons (Fsp3) is 0.0714. The number of carbonyl (C=O) groups is 1. The Morgan fingerprint density at radius 3 is 2.29 bits per heavy atom. The summed E-state index contributed by atoms with van der Waals surface area (Å²) < 4.78 is 27.5. The van der Waals surface area contributed by atoms with Gasteiger partial charge in [0.2, 0.25) is 0 Å². The van der Waals surface area contributed by atoms with Gasteiger partial charge in [0, 0.05) is 10.2 Å². The molecule has 2 N–H and O–H groups in total. The molecule has 21 heavy (non-hydrogen) atoms. The molecule has 110 valence electrons. The summed E-state index contributed by atoms with van der Waals surface area (Å²) in [7, 11) is -3.74. The molecule has 0 aromatic heterocycles. The number of carboxylic acid groups (broad SMARTS) is 1. The predicted octanol–water partition coefficient (Wildman–Crippen LogP) is 3.26. The van der Waals surface area contributed by atoms with Gasteiger partial charge >= 0.3 is 5.97 Å². The smallest absolute Gasteiger partial charge is 0.335 e. The molecule has 0 spiro atoms. The van der Waals surface area contributed by atoms with Crippen molar-refractivity contribution in [3.05, 3.63) is 58.1 Å². The van der Waals surface area contributed by atoms with E-state index in [1.54, 1.807) is 12.1 Å². The highest BCUT2D eigenvalue weighted by atomic mass is 79.9. The topological polar surface area (TPSA) is 83.5 Å². The van der Waals surface area contributed by atoms with Gasteiger partial charge in [-0.05, 0) is 64.8 Å². The molecular formula is C14H12BrNO4S. The van der Waals surface area contributed by atoms with Crippen molar-refractivity contribution < 1.29 is 18.3 Å². The van der Waals surface area contributed by atoms with Crippen molar-refractivity contribution in [1.82, 2.24) is 0 Å². The number of aromatic carboxylic acids is 1. The van der Waals surface area contributed by atoms with Crippen molar-refractivity contribution >= 4 is 37.6 Å². The van der Waals surface area contributed by atoms with Crippen molar-refractivity contribution in [1.29, 1.82) is 0 Å². The highest BCUT2D eigenvalue weighted by Crippen LogP contribution is 2.25. The van der Waals surface area contributed by atoms with Crippen molar-refractivity contribution in [2.24, 2.45) is 0 Å². The van der Waals surface area contributed by atoms with Gasteiger partial charge in [-0.25, -0.2) is 13.2 Å². The molecule has 0 fully saturated rings. The minimum absolute atomic E-state index is 0.0921. The second-order valence-corrected chi connectivity index (χ2v) is 6.93. The van der Waals surface area contributed by atoms with Crippen LogP contribution in [0.4, 0.5) is 5.69 Å². The van der Waals surface area contributed by atoms with Crippen LogP contribution in [0.5, 0.6) is 0 Å². The molecule has 0 saturated heterocycles. The van der Waals surface area contributed by atoms with Crippen LogP contribution in [-0.4, -0.2) is 19.5 Å². The van der Waals surface area contributed by atoms with Crippen LogP contribution in [-0.2, 0) is 10.0 Å². The van der Waals surface area contributed by atoms with Gasteiger partial charge in [-0.2, -0.15) is 0 Å². The summed E-state index contributed by atoms with van der Waals surface area (Å²) in [5.74, 6) is -1.06. The lowest BCUT2D eigenvalue weighted by Crippen LogP contribution is -2.13. The van der Waals surface area contributed by atoms with Crippen LogP contribution in [0.25, 0.3) is 0 Å². The van der Waals surface area contributed by atoms with E-state index in [-0.39, 0.29) is 10.5 Å². The summed E-state index contributed by atoms with van der Waals surface area (Å²) in [6, 6.07) is 10.4. The van der Waals surface area contributed by atoms with Crippen molar-refractivity contribution in [2.45, 2.75) is 11.8 Å². The van der Waals surface area contributed by atoms with Crippen LogP contribution in [0.1, 0.15) is 15.9 Å². The number of carboxylic acids is 1. The van der Waals surface area contributed by atoms with E-state index in [4.69, 9.17) is 5.11 Å². The maximum absolute atomic E-state index is 12.3. The zero-order valence-corrected chi connectivity index (χ0v) is 13.4. The third-order valence-electron chi connectivity index (χ3n) is 2.76. The van der Waals surface area contributed by atoms with Gasteiger partial charge in [0.25, 0.3) is 10.0 Å². The second-order valence-electron chi connectivity index (χ2n) is 4.42. The first-order chi connectivity index (χ1) is 9.79. The Morgan fingerprint density at radius 1 is 1.14 bits per heavy atom. The molecule has 0 aliphatic carbocycles.